The zero-order valence-electron chi connectivity index (χ0n) is 14.2. The van der Waals surface area contributed by atoms with E-state index in [0.717, 1.165) is 0 Å². The van der Waals surface area contributed by atoms with E-state index in [9.17, 15) is 29.6 Å². The summed E-state index contributed by atoms with van der Waals surface area (Å²) in [5, 5.41) is 22.4. The van der Waals surface area contributed by atoms with Gasteiger partial charge in [-0.3, -0.25) is 19.7 Å². The van der Waals surface area contributed by atoms with Gasteiger partial charge in [0.2, 0.25) is 0 Å². The van der Waals surface area contributed by atoms with Crippen molar-refractivity contribution >= 4 is 23.5 Å². The van der Waals surface area contributed by atoms with Gasteiger partial charge in [-0.15, -0.1) is 0 Å². The number of nitro groups is 1. The topological polar surface area (TPSA) is 136 Å². The summed E-state index contributed by atoms with van der Waals surface area (Å²) < 4.78 is 4.89. The number of benzene rings is 2. The fourth-order valence-electron chi connectivity index (χ4n) is 2.30. The first-order valence-electron chi connectivity index (χ1n) is 7.81. The molecular weight excluding hydrogens is 356 g/mol. The Bertz CT molecular complexity index is 878. The van der Waals surface area contributed by atoms with Gasteiger partial charge in [-0.1, -0.05) is 18.2 Å². The number of carbonyl (C=O) groups excluding carboxylic acids is 2. The molecule has 0 saturated heterocycles. The average molecular weight is 372 g/mol. The lowest BCUT2D eigenvalue weighted by Gasteiger charge is -2.15. The minimum absolute atomic E-state index is 0.0529. The van der Waals surface area contributed by atoms with Crippen molar-refractivity contribution in [3.05, 3.63) is 69.8 Å². The lowest BCUT2D eigenvalue weighted by atomic mass is 10.0. The molecule has 2 rings (SSSR count). The van der Waals surface area contributed by atoms with E-state index in [1.165, 1.54) is 55.5 Å². The minimum atomic E-state index is -1.25. The van der Waals surface area contributed by atoms with Crippen molar-refractivity contribution in [1.82, 2.24) is 5.32 Å². The molecule has 140 valence electrons. The molecular formula is C18H16N2O7. The van der Waals surface area contributed by atoms with E-state index < -0.39 is 28.8 Å². The number of esters is 1. The van der Waals surface area contributed by atoms with Gasteiger partial charge in [-0.2, -0.15) is 0 Å². The van der Waals surface area contributed by atoms with Crippen LogP contribution < -0.4 is 10.1 Å². The van der Waals surface area contributed by atoms with Crippen LogP contribution in [0.5, 0.6) is 5.75 Å². The summed E-state index contributed by atoms with van der Waals surface area (Å²) in [6, 6.07) is 9.91. The van der Waals surface area contributed by atoms with Gasteiger partial charge in [0.25, 0.3) is 11.6 Å². The molecule has 0 aliphatic rings. The quantitative estimate of drug-likeness (QED) is 0.328. The fraction of sp³-hybridized carbons (Fsp3) is 0.167. The number of nitrogens with zero attached hydrogens (tertiary/aromatic N) is 1. The molecule has 0 radical (unpaired) electrons. The summed E-state index contributed by atoms with van der Waals surface area (Å²) in [6.07, 6.45) is -0.0529. The zero-order chi connectivity index (χ0) is 20.0. The number of non-ortho nitro benzene ring substituents is 1. The summed E-state index contributed by atoms with van der Waals surface area (Å²) in [6.45, 7) is 1.22. The number of aliphatic carboxylic acids is 1. The van der Waals surface area contributed by atoms with Gasteiger partial charge in [0.1, 0.15) is 11.8 Å². The third-order valence-electron chi connectivity index (χ3n) is 3.55. The zero-order valence-corrected chi connectivity index (χ0v) is 14.2. The van der Waals surface area contributed by atoms with Crippen LogP contribution in [0, 0.1) is 10.1 Å². The van der Waals surface area contributed by atoms with Gasteiger partial charge in [0.05, 0.1) is 4.92 Å². The predicted molar refractivity (Wildman–Crippen MR) is 93.4 cm³/mol. The smallest absolute Gasteiger partial charge is 0.326 e. The Morgan fingerprint density at radius 3 is 2.41 bits per heavy atom. The van der Waals surface area contributed by atoms with Crippen LogP contribution in [-0.2, 0) is 16.0 Å². The summed E-state index contributed by atoms with van der Waals surface area (Å²) >= 11 is 0. The highest BCUT2D eigenvalue weighted by atomic mass is 16.6. The number of rotatable bonds is 7. The highest BCUT2D eigenvalue weighted by Crippen LogP contribution is 2.15. The maximum atomic E-state index is 12.3. The highest BCUT2D eigenvalue weighted by molar-refractivity contribution is 5.97. The monoisotopic (exact) mass is 372 g/mol. The Hall–Kier alpha value is -3.75. The number of amides is 1. The second kappa shape index (κ2) is 8.56. The van der Waals surface area contributed by atoms with Crippen LogP contribution in [0.2, 0.25) is 0 Å². The number of hydrogen-bond acceptors (Lipinski definition) is 6. The maximum Gasteiger partial charge on any atom is 0.326 e. The molecule has 1 amide bonds. The third kappa shape index (κ3) is 5.63. The number of carboxylic acids is 1. The molecule has 0 aliphatic carbocycles. The molecule has 9 heteroatoms. The van der Waals surface area contributed by atoms with Gasteiger partial charge in [-0.25, -0.2) is 4.79 Å². The Labute approximate surface area is 153 Å². The molecule has 0 aromatic heterocycles. The summed E-state index contributed by atoms with van der Waals surface area (Å²) in [5.74, 6) is -2.29. The summed E-state index contributed by atoms with van der Waals surface area (Å²) in [4.78, 5) is 44.9. The average Bonchev–Trinajstić information content (AvgIpc) is 2.61. The normalized spacial score (nSPS) is 11.3. The molecule has 0 saturated carbocycles. The molecule has 2 aromatic carbocycles. The van der Waals surface area contributed by atoms with Crippen LogP contribution in [0.1, 0.15) is 22.8 Å². The predicted octanol–water partition coefficient (Wildman–Crippen LogP) is 1.95. The molecule has 2 aromatic rings. The molecule has 9 nitrogen and oxygen atoms in total. The third-order valence-corrected chi connectivity index (χ3v) is 3.55. The molecule has 2 N–H and O–H groups in total. The highest BCUT2D eigenvalue weighted by Gasteiger charge is 2.22. The van der Waals surface area contributed by atoms with Crippen LogP contribution >= 0.6 is 0 Å². The second-order valence-corrected chi connectivity index (χ2v) is 5.61. The summed E-state index contributed by atoms with van der Waals surface area (Å²) in [5.41, 5.74) is 0.530. The lowest BCUT2D eigenvalue weighted by Crippen LogP contribution is -2.42. The molecule has 1 atom stereocenters. The van der Waals surface area contributed by atoms with E-state index in [1.807, 2.05) is 0 Å². The Morgan fingerprint density at radius 2 is 1.85 bits per heavy atom. The van der Waals surface area contributed by atoms with Crippen molar-refractivity contribution in [3.63, 3.8) is 0 Å². The number of hydrogen-bond donors (Lipinski definition) is 2. The van der Waals surface area contributed by atoms with Crippen molar-refractivity contribution in [2.24, 2.45) is 0 Å². The van der Waals surface area contributed by atoms with Crippen LogP contribution in [0.3, 0.4) is 0 Å². The minimum Gasteiger partial charge on any atom is -0.480 e. The number of nitrogens with one attached hydrogen (secondary N) is 1. The number of ether oxygens (including phenoxy) is 1. The van der Waals surface area contributed by atoms with E-state index in [0.29, 0.717) is 5.56 Å². The van der Waals surface area contributed by atoms with Crippen molar-refractivity contribution in [2.45, 2.75) is 19.4 Å². The van der Waals surface area contributed by atoms with Crippen LogP contribution in [0.15, 0.2) is 48.5 Å². The number of carboxylic acid groups (broad SMARTS) is 1. The Balaban J connectivity index is 2.11. The maximum absolute atomic E-state index is 12.3. The molecule has 0 fully saturated rings. The molecule has 0 aliphatic heterocycles. The summed E-state index contributed by atoms with van der Waals surface area (Å²) in [7, 11) is 0. The largest absolute Gasteiger partial charge is 0.480 e. The van der Waals surface area contributed by atoms with E-state index in [-0.39, 0.29) is 23.4 Å². The first kappa shape index (κ1) is 19.6. The second-order valence-electron chi connectivity index (χ2n) is 5.61. The van der Waals surface area contributed by atoms with E-state index in [2.05, 4.69) is 5.32 Å². The molecule has 0 bridgehead atoms. The Morgan fingerprint density at radius 1 is 1.19 bits per heavy atom. The Kier molecular flexibility index (Phi) is 6.21. The fourth-order valence-corrected chi connectivity index (χ4v) is 2.30. The first-order chi connectivity index (χ1) is 12.8. The number of carbonyl (C=O) groups is 3. The van der Waals surface area contributed by atoms with Crippen molar-refractivity contribution in [2.75, 3.05) is 0 Å². The van der Waals surface area contributed by atoms with Crippen LogP contribution in [-0.4, -0.2) is 33.9 Å². The van der Waals surface area contributed by atoms with Gasteiger partial charge in [0.15, 0.2) is 0 Å². The lowest BCUT2D eigenvalue weighted by molar-refractivity contribution is -0.384. The first-order valence-corrected chi connectivity index (χ1v) is 7.81. The van der Waals surface area contributed by atoms with Crippen molar-refractivity contribution < 1.29 is 29.2 Å². The van der Waals surface area contributed by atoms with Crippen molar-refractivity contribution in [1.29, 1.82) is 0 Å². The molecule has 0 heterocycles. The van der Waals surface area contributed by atoms with E-state index in [4.69, 9.17) is 4.74 Å². The van der Waals surface area contributed by atoms with Crippen molar-refractivity contribution in [3.8, 4) is 5.75 Å². The van der Waals surface area contributed by atoms with Gasteiger partial charge >= 0.3 is 11.9 Å². The van der Waals surface area contributed by atoms with E-state index in [1.54, 1.807) is 0 Å². The van der Waals surface area contributed by atoms with Gasteiger partial charge in [-0.05, 0) is 23.8 Å². The van der Waals surface area contributed by atoms with Gasteiger partial charge < -0.3 is 15.2 Å². The van der Waals surface area contributed by atoms with Gasteiger partial charge in [0, 0.05) is 31.0 Å². The van der Waals surface area contributed by atoms with Crippen LogP contribution in [0.4, 0.5) is 5.69 Å². The van der Waals surface area contributed by atoms with E-state index >= 15 is 0 Å². The standard InChI is InChI=1S/C18H16N2O7/c1-11(21)27-15-4-2-3-13(10-15)17(22)19-16(18(23)24)9-12-5-7-14(8-6-12)20(25)26/h2-8,10,16H,9H2,1H3,(H,19,22)(H,23,24)/t16-/m0/s1. The molecule has 0 spiro atoms. The molecule has 27 heavy (non-hydrogen) atoms. The number of nitro benzene ring substituents is 1. The van der Waals surface area contributed by atoms with Crippen LogP contribution in [0.25, 0.3) is 0 Å². The molecule has 0 unspecified atom stereocenters. The SMILES string of the molecule is CC(=O)Oc1cccc(C(=O)N[C@@H](Cc2ccc([N+](=O)[O-])cc2)C(=O)O)c1.